The average molecular weight is 248 g/mol. The van der Waals surface area contributed by atoms with Gasteiger partial charge >= 0.3 is 9.15 Å². The van der Waals surface area contributed by atoms with Gasteiger partial charge in [0.1, 0.15) is 0 Å². The topological polar surface area (TPSA) is 92.4 Å². The molecule has 1 aromatic carbocycles. The molecule has 0 aliphatic heterocycles. The fourth-order valence-electron chi connectivity index (χ4n) is 0.943. The Balaban J connectivity index is 2.29. The minimum atomic E-state index is -3.93. The normalized spacial score (nSPS) is 11.3. The zero-order valence-electron chi connectivity index (χ0n) is 7.88. The summed E-state index contributed by atoms with van der Waals surface area (Å²) in [4.78, 5) is 0. The van der Waals surface area contributed by atoms with E-state index in [1.807, 2.05) is 0 Å². The molecular weight excluding hydrogens is 236 g/mol. The van der Waals surface area contributed by atoms with E-state index in [0.717, 1.165) is 5.69 Å². The van der Waals surface area contributed by atoms with Crippen LogP contribution in [0.25, 0.3) is 0 Å². The minimum absolute atomic E-state index is 0.281. The van der Waals surface area contributed by atoms with Gasteiger partial charge in [-0.05, 0) is 35.1 Å². The van der Waals surface area contributed by atoms with Crippen molar-refractivity contribution >= 4 is 31.3 Å². The van der Waals surface area contributed by atoms with Crippen molar-refractivity contribution in [2.24, 2.45) is 0 Å². The van der Waals surface area contributed by atoms with E-state index in [0.29, 0.717) is 23.0 Å². The summed E-state index contributed by atoms with van der Waals surface area (Å²) in [7, 11) is -3.43. The molecular formula is C8H12N2O3S2. The maximum absolute atomic E-state index is 10.4. The first-order valence-corrected chi connectivity index (χ1v) is 7.13. The van der Waals surface area contributed by atoms with Gasteiger partial charge in [0.05, 0.1) is 0 Å². The zero-order chi connectivity index (χ0) is 11.3. The third-order valence-corrected chi connectivity index (χ3v) is 3.64. The van der Waals surface area contributed by atoms with Gasteiger partial charge in [-0.15, -0.1) is 0 Å². The van der Waals surface area contributed by atoms with Crippen LogP contribution in [0.3, 0.4) is 0 Å². The largest absolute Gasteiger partial charge is 0.399 e. The van der Waals surface area contributed by atoms with Crippen LogP contribution in [0.5, 0.6) is 0 Å². The second-order valence-corrected chi connectivity index (χ2v) is 6.27. The molecule has 0 aliphatic rings. The molecule has 0 unspecified atom stereocenters. The molecule has 5 nitrogen and oxygen atoms in total. The smallest absolute Gasteiger partial charge is 0.319 e. The summed E-state index contributed by atoms with van der Waals surface area (Å²) in [6, 6.07) is 7.09. The third-order valence-electron chi connectivity index (χ3n) is 1.57. The molecule has 0 bridgehead atoms. The predicted molar refractivity (Wildman–Crippen MR) is 63.4 cm³/mol. The maximum Gasteiger partial charge on any atom is 0.319 e. The highest BCUT2D eigenvalue weighted by molar-refractivity contribution is 8.69. The van der Waals surface area contributed by atoms with Crippen molar-refractivity contribution in [2.75, 3.05) is 23.3 Å². The Morgan fingerprint density at radius 1 is 1.33 bits per heavy atom. The van der Waals surface area contributed by atoms with Crippen molar-refractivity contribution in [1.29, 1.82) is 0 Å². The fraction of sp³-hybridized carbons (Fsp3) is 0.250. The SMILES string of the molecule is Nc1ccc(NCCSS(=O)(=O)O)cc1. The van der Waals surface area contributed by atoms with Gasteiger partial charge in [0, 0.05) is 23.7 Å². The molecule has 0 spiro atoms. The number of rotatable bonds is 5. The summed E-state index contributed by atoms with van der Waals surface area (Å²) in [5.74, 6) is 0.281. The van der Waals surface area contributed by atoms with E-state index in [1.54, 1.807) is 24.3 Å². The van der Waals surface area contributed by atoms with E-state index in [1.165, 1.54) is 0 Å². The molecule has 1 aromatic rings. The standard InChI is InChI=1S/C8H12N2O3S2/c9-7-1-3-8(4-2-7)10-5-6-14-15(11,12)13/h1-4,10H,5-6,9H2,(H,11,12,13). The molecule has 4 N–H and O–H groups in total. The first kappa shape index (κ1) is 12.2. The molecule has 15 heavy (non-hydrogen) atoms. The number of benzene rings is 1. The Bertz CT molecular complexity index is 402. The van der Waals surface area contributed by atoms with Crippen molar-refractivity contribution in [3.8, 4) is 0 Å². The van der Waals surface area contributed by atoms with Gasteiger partial charge in [0.2, 0.25) is 0 Å². The van der Waals surface area contributed by atoms with Crippen LogP contribution in [0.1, 0.15) is 0 Å². The molecule has 7 heteroatoms. The number of hydrogen-bond acceptors (Lipinski definition) is 5. The lowest BCUT2D eigenvalue weighted by Crippen LogP contribution is -2.05. The Hall–Kier alpha value is -0.920. The van der Waals surface area contributed by atoms with E-state index in [2.05, 4.69) is 5.32 Å². The molecule has 0 atom stereocenters. The lowest BCUT2D eigenvalue weighted by molar-refractivity contribution is 0.503. The van der Waals surface area contributed by atoms with Crippen LogP contribution in [-0.2, 0) is 9.15 Å². The van der Waals surface area contributed by atoms with Crippen LogP contribution >= 0.6 is 10.8 Å². The van der Waals surface area contributed by atoms with Crippen LogP contribution in [-0.4, -0.2) is 25.3 Å². The van der Waals surface area contributed by atoms with Gasteiger partial charge in [-0.1, -0.05) is 0 Å². The Morgan fingerprint density at radius 3 is 2.47 bits per heavy atom. The second-order valence-electron chi connectivity index (χ2n) is 2.80. The summed E-state index contributed by atoms with van der Waals surface area (Å²) < 4.78 is 29.2. The first-order valence-electron chi connectivity index (χ1n) is 4.18. The lowest BCUT2D eigenvalue weighted by atomic mass is 10.3. The van der Waals surface area contributed by atoms with Crippen molar-refractivity contribution in [2.45, 2.75) is 0 Å². The number of nitrogens with one attached hydrogen (secondary N) is 1. The third kappa shape index (κ3) is 5.50. The Morgan fingerprint density at radius 2 is 1.93 bits per heavy atom. The first-order chi connectivity index (χ1) is 6.97. The minimum Gasteiger partial charge on any atom is -0.399 e. The molecule has 0 amide bonds. The lowest BCUT2D eigenvalue weighted by Gasteiger charge is -2.04. The van der Waals surface area contributed by atoms with Crippen LogP contribution in [0.15, 0.2) is 24.3 Å². The number of hydrogen-bond donors (Lipinski definition) is 3. The molecule has 0 fully saturated rings. The van der Waals surface area contributed by atoms with Crippen LogP contribution < -0.4 is 11.1 Å². The summed E-state index contributed by atoms with van der Waals surface area (Å²) in [5, 5.41) is 2.99. The summed E-state index contributed by atoms with van der Waals surface area (Å²) >= 11 is 0. The van der Waals surface area contributed by atoms with Crippen LogP contribution in [0.4, 0.5) is 11.4 Å². The molecule has 0 heterocycles. The van der Waals surface area contributed by atoms with Crippen LogP contribution in [0.2, 0.25) is 0 Å². The van der Waals surface area contributed by atoms with Crippen molar-refractivity contribution in [1.82, 2.24) is 0 Å². The van der Waals surface area contributed by atoms with Gasteiger partial charge in [-0.25, -0.2) is 0 Å². The Kier molecular flexibility index (Phi) is 4.25. The van der Waals surface area contributed by atoms with E-state index in [9.17, 15) is 8.42 Å². The van der Waals surface area contributed by atoms with E-state index in [-0.39, 0.29) is 5.75 Å². The monoisotopic (exact) mass is 248 g/mol. The van der Waals surface area contributed by atoms with Gasteiger partial charge in [-0.2, -0.15) is 8.42 Å². The van der Waals surface area contributed by atoms with E-state index >= 15 is 0 Å². The van der Waals surface area contributed by atoms with Gasteiger partial charge in [0.15, 0.2) is 0 Å². The summed E-state index contributed by atoms with van der Waals surface area (Å²) in [6.45, 7) is 0.453. The molecule has 84 valence electrons. The van der Waals surface area contributed by atoms with E-state index in [4.69, 9.17) is 10.3 Å². The van der Waals surface area contributed by atoms with Crippen molar-refractivity contribution in [3.63, 3.8) is 0 Å². The maximum atomic E-state index is 10.4. The predicted octanol–water partition coefficient (Wildman–Crippen LogP) is 1.22. The zero-order valence-corrected chi connectivity index (χ0v) is 9.51. The highest BCUT2D eigenvalue weighted by Crippen LogP contribution is 2.12. The van der Waals surface area contributed by atoms with Gasteiger partial charge < -0.3 is 11.1 Å². The molecule has 0 aromatic heterocycles. The average Bonchev–Trinajstić information content (AvgIpc) is 2.14. The van der Waals surface area contributed by atoms with Crippen molar-refractivity contribution in [3.05, 3.63) is 24.3 Å². The number of nitrogens with two attached hydrogens (primary N) is 1. The molecule has 1 rings (SSSR count). The van der Waals surface area contributed by atoms with Crippen LogP contribution in [0, 0.1) is 0 Å². The molecule has 0 radical (unpaired) electrons. The fourth-order valence-corrected chi connectivity index (χ4v) is 2.22. The molecule has 0 aliphatic carbocycles. The number of nitrogen functional groups attached to an aromatic ring is 1. The highest BCUT2D eigenvalue weighted by atomic mass is 33.1. The highest BCUT2D eigenvalue weighted by Gasteiger charge is 2.03. The Labute approximate surface area is 92.2 Å². The second kappa shape index (κ2) is 5.24. The summed E-state index contributed by atoms with van der Waals surface area (Å²) in [6.07, 6.45) is 0. The van der Waals surface area contributed by atoms with Gasteiger partial charge in [-0.3, -0.25) is 4.55 Å². The van der Waals surface area contributed by atoms with Crippen molar-refractivity contribution < 1.29 is 13.0 Å². The molecule has 0 saturated heterocycles. The summed E-state index contributed by atoms with van der Waals surface area (Å²) in [5.41, 5.74) is 7.03. The molecule has 0 saturated carbocycles. The number of anilines is 2. The van der Waals surface area contributed by atoms with Gasteiger partial charge in [0.25, 0.3) is 0 Å². The quantitative estimate of drug-likeness (QED) is 0.314. The van der Waals surface area contributed by atoms with E-state index < -0.39 is 9.15 Å².